The van der Waals surface area contributed by atoms with Crippen molar-refractivity contribution >= 4 is 30.8 Å². The van der Waals surface area contributed by atoms with E-state index in [0.29, 0.717) is 0 Å². The minimum atomic E-state index is 0. The molecular formula is C13H22Cl2N4. The number of nitrogens with two attached hydrogens (primary N) is 1. The van der Waals surface area contributed by atoms with E-state index in [-0.39, 0.29) is 30.8 Å². The number of hydrogen-bond acceptors (Lipinski definition) is 2. The first-order valence-electron chi connectivity index (χ1n) is 6.11. The molecule has 0 aliphatic carbocycles. The van der Waals surface area contributed by atoms with Gasteiger partial charge in [-0.15, -0.1) is 24.8 Å². The highest BCUT2D eigenvalue weighted by Gasteiger charge is 2.15. The Morgan fingerprint density at radius 2 is 1.74 bits per heavy atom. The number of halogens is 2. The lowest BCUT2D eigenvalue weighted by Crippen LogP contribution is -2.39. The molecule has 1 saturated heterocycles. The molecule has 3 N–H and O–H groups in total. The van der Waals surface area contributed by atoms with Crippen LogP contribution in [-0.4, -0.2) is 41.9 Å². The molecule has 1 aromatic rings. The first-order valence-corrected chi connectivity index (χ1v) is 6.11. The molecule has 4 nitrogen and oxygen atoms in total. The van der Waals surface area contributed by atoms with Gasteiger partial charge in [0.2, 0.25) is 0 Å². The molecule has 0 aromatic heterocycles. The van der Waals surface area contributed by atoms with Crippen LogP contribution in [0.25, 0.3) is 0 Å². The van der Waals surface area contributed by atoms with E-state index in [2.05, 4.69) is 29.2 Å². The third kappa shape index (κ3) is 5.68. The van der Waals surface area contributed by atoms with E-state index in [4.69, 9.17) is 11.1 Å². The summed E-state index contributed by atoms with van der Waals surface area (Å²) in [7, 11) is 0. The minimum Gasteiger partial charge on any atom is -0.370 e. The van der Waals surface area contributed by atoms with Crippen molar-refractivity contribution < 1.29 is 0 Å². The molecule has 1 aromatic carbocycles. The molecule has 0 unspecified atom stereocenters. The number of rotatable bonds is 2. The molecular weight excluding hydrogens is 283 g/mol. The average molecular weight is 305 g/mol. The van der Waals surface area contributed by atoms with E-state index in [1.54, 1.807) is 0 Å². The third-order valence-corrected chi connectivity index (χ3v) is 3.18. The Balaban J connectivity index is 0.00000162. The van der Waals surface area contributed by atoms with Crippen LogP contribution in [0.15, 0.2) is 30.3 Å². The van der Waals surface area contributed by atoms with Gasteiger partial charge < -0.3 is 10.6 Å². The van der Waals surface area contributed by atoms with Crippen molar-refractivity contribution in [2.75, 3.05) is 26.2 Å². The van der Waals surface area contributed by atoms with Gasteiger partial charge in [-0.1, -0.05) is 30.3 Å². The van der Waals surface area contributed by atoms with Crippen molar-refractivity contribution in [2.24, 2.45) is 5.73 Å². The van der Waals surface area contributed by atoms with Crippen LogP contribution in [-0.2, 0) is 6.54 Å². The first-order chi connectivity index (χ1) is 8.25. The summed E-state index contributed by atoms with van der Waals surface area (Å²) in [6.07, 6.45) is 1.08. The molecule has 108 valence electrons. The van der Waals surface area contributed by atoms with Crippen molar-refractivity contribution in [3.8, 4) is 0 Å². The molecule has 0 spiro atoms. The molecule has 0 amide bonds. The van der Waals surface area contributed by atoms with Crippen LogP contribution < -0.4 is 5.73 Å². The fraction of sp³-hybridized carbons (Fsp3) is 0.462. The second-order valence-corrected chi connectivity index (χ2v) is 4.49. The summed E-state index contributed by atoms with van der Waals surface area (Å²) < 4.78 is 0. The second-order valence-electron chi connectivity index (χ2n) is 4.49. The van der Waals surface area contributed by atoms with E-state index >= 15 is 0 Å². The number of nitrogens with one attached hydrogen (secondary N) is 1. The Hall–Kier alpha value is -0.970. The van der Waals surface area contributed by atoms with Crippen LogP contribution in [0.1, 0.15) is 12.0 Å². The monoisotopic (exact) mass is 304 g/mol. The molecule has 1 heterocycles. The van der Waals surface area contributed by atoms with Crippen molar-refractivity contribution in [2.45, 2.75) is 13.0 Å². The summed E-state index contributed by atoms with van der Waals surface area (Å²) in [6, 6.07) is 10.5. The Morgan fingerprint density at radius 1 is 1.05 bits per heavy atom. The Labute approximate surface area is 127 Å². The molecule has 0 bridgehead atoms. The molecule has 0 radical (unpaired) electrons. The van der Waals surface area contributed by atoms with Gasteiger partial charge in [0, 0.05) is 32.7 Å². The van der Waals surface area contributed by atoms with E-state index in [9.17, 15) is 0 Å². The van der Waals surface area contributed by atoms with Crippen molar-refractivity contribution in [3.63, 3.8) is 0 Å². The zero-order chi connectivity index (χ0) is 12.1. The molecule has 1 fully saturated rings. The van der Waals surface area contributed by atoms with Gasteiger partial charge in [-0.3, -0.25) is 10.3 Å². The van der Waals surface area contributed by atoms with Crippen LogP contribution in [0.3, 0.4) is 0 Å². The highest BCUT2D eigenvalue weighted by atomic mass is 35.5. The highest BCUT2D eigenvalue weighted by Crippen LogP contribution is 2.08. The van der Waals surface area contributed by atoms with Crippen LogP contribution >= 0.6 is 24.8 Å². The molecule has 6 heteroatoms. The lowest BCUT2D eigenvalue weighted by atomic mass is 10.2. The minimum absolute atomic E-state index is 0. The predicted molar refractivity (Wildman–Crippen MR) is 84.3 cm³/mol. The van der Waals surface area contributed by atoms with Gasteiger partial charge in [0.1, 0.15) is 0 Å². The van der Waals surface area contributed by atoms with Gasteiger partial charge in [-0.25, -0.2) is 0 Å². The average Bonchev–Trinajstić information content (AvgIpc) is 2.56. The summed E-state index contributed by atoms with van der Waals surface area (Å²) >= 11 is 0. The van der Waals surface area contributed by atoms with Crippen molar-refractivity contribution in [1.82, 2.24) is 9.80 Å². The lowest BCUT2D eigenvalue weighted by molar-refractivity contribution is 0.277. The first kappa shape index (κ1) is 18.0. The molecule has 0 saturated carbocycles. The fourth-order valence-electron chi connectivity index (χ4n) is 2.21. The van der Waals surface area contributed by atoms with E-state index in [1.165, 1.54) is 5.56 Å². The largest absolute Gasteiger partial charge is 0.370 e. The maximum absolute atomic E-state index is 7.46. The standard InChI is InChI=1S/C13H20N4.2ClH/c14-13(15)17-8-4-7-16(9-10-17)11-12-5-2-1-3-6-12;;/h1-3,5-6H,4,7-11H2,(H3,14,15);2*1H. The maximum atomic E-state index is 7.46. The van der Waals surface area contributed by atoms with Crippen molar-refractivity contribution in [1.29, 1.82) is 5.41 Å². The molecule has 0 atom stereocenters. The lowest BCUT2D eigenvalue weighted by Gasteiger charge is -2.21. The number of benzene rings is 1. The Bertz CT molecular complexity index is 372. The smallest absolute Gasteiger partial charge is 0.188 e. The van der Waals surface area contributed by atoms with Gasteiger partial charge in [0.15, 0.2) is 5.96 Å². The van der Waals surface area contributed by atoms with Gasteiger partial charge >= 0.3 is 0 Å². The van der Waals surface area contributed by atoms with Crippen LogP contribution in [0.5, 0.6) is 0 Å². The maximum Gasteiger partial charge on any atom is 0.188 e. The summed E-state index contributed by atoms with van der Waals surface area (Å²) in [5.74, 6) is 0.201. The van der Waals surface area contributed by atoms with Gasteiger partial charge in [0.25, 0.3) is 0 Å². The van der Waals surface area contributed by atoms with Gasteiger partial charge in [0.05, 0.1) is 0 Å². The SMILES string of the molecule is Cl.Cl.N=C(N)N1CCCN(Cc2ccccc2)CC1. The van der Waals surface area contributed by atoms with Crippen molar-refractivity contribution in [3.05, 3.63) is 35.9 Å². The van der Waals surface area contributed by atoms with Gasteiger partial charge in [-0.2, -0.15) is 0 Å². The summed E-state index contributed by atoms with van der Waals surface area (Å²) in [4.78, 5) is 4.38. The van der Waals surface area contributed by atoms with Crippen LogP contribution in [0.2, 0.25) is 0 Å². The molecule has 19 heavy (non-hydrogen) atoms. The quantitative estimate of drug-likeness (QED) is 0.648. The summed E-state index contributed by atoms with van der Waals surface area (Å²) in [6.45, 7) is 4.82. The number of nitrogens with zero attached hydrogens (tertiary/aromatic N) is 2. The molecule has 1 aliphatic rings. The van der Waals surface area contributed by atoms with Crippen LogP contribution in [0, 0.1) is 5.41 Å². The third-order valence-electron chi connectivity index (χ3n) is 3.18. The van der Waals surface area contributed by atoms with Crippen LogP contribution in [0.4, 0.5) is 0 Å². The highest BCUT2D eigenvalue weighted by molar-refractivity contribution is 5.85. The van der Waals surface area contributed by atoms with Gasteiger partial charge in [-0.05, 0) is 12.0 Å². The summed E-state index contributed by atoms with van der Waals surface area (Å²) in [5, 5.41) is 7.46. The topological polar surface area (TPSA) is 56.4 Å². The zero-order valence-corrected chi connectivity index (χ0v) is 12.6. The zero-order valence-electron chi connectivity index (χ0n) is 10.9. The fourth-order valence-corrected chi connectivity index (χ4v) is 2.21. The molecule has 1 aliphatic heterocycles. The number of hydrogen-bond donors (Lipinski definition) is 2. The van der Waals surface area contributed by atoms with E-state index < -0.39 is 0 Å². The second kappa shape index (κ2) is 9.02. The Kier molecular flexibility index (Phi) is 8.56. The molecule has 2 rings (SSSR count). The van der Waals surface area contributed by atoms with E-state index in [0.717, 1.165) is 39.1 Å². The summed E-state index contributed by atoms with van der Waals surface area (Å²) in [5.41, 5.74) is 6.88. The van der Waals surface area contributed by atoms with E-state index in [1.807, 2.05) is 11.0 Å². The number of guanidine groups is 1. The Morgan fingerprint density at radius 3 is 2.37 bits per heavy atom. The predicted octanol–water partition coefficient (Wildman–Crippen LogP) is 1.93. The normalized spacial score (nSPS) is 15.9.